The van der Waals surface area contributed by atoms with Crippen LogP contribution in [0.25, 0.3) is 0 Å². The number of ketones is 1. The Morgan fingerprint density at radius 2 is 1.53 bits per heavy atom. The number of fused-ring (bicyclic) bond motifs is 3. The number of carbonyl (C=O) groups excluding carboxylic acids is 1. The highest BCUT2D eigenvalue weighted by atomic mass is 16.4. The smallest absolute Gasteiger partial charge is 0.317 e. The molecule has 0 spiro atoms. The first-order chi connectivity index (χ1) is 6.93. The van der Waals surface area contributed by atoms with Crippen LogP contribution in [-0.4, -0.2) is 27.9 Å². The van der Waals surface area contributed by atoms with Crippen LogP contribution in [0.15, 0.2) is 0 Å². The third kappa shape index (κ3) is 1.12. The zero-order valence-corrected chi connectivity index (χ0v) is 8.15. The minimum absolute atomic E-state index is 0.116. The molecule has 3 rings (SSSR count). The number of aliphatic carboxylic acids is 2. The molecule has 5 nitrogen and oxygen atoms in total. The molecule has 0 heterocycles. The Morgan fingerprint density at radius 1 is 1.00 bits per heavy atom. The lowest BCUT2D eigenvalue weighted by Gasteiger charge is -2.47. The van der Waals surface area contributed by atoms with Crippen molar-refractivity contribution in [2.24, 2.45) is 10.8 Å². The van der Waals surface area contributed by atoms with Crippen molar-refractivity contribution in [3.63, 3.8) is 0 Å². The van der Waals surface area contributed by atoms with Gasteiger partial charge in [0.1, 0.15) is 5.41 Å². The number of hydrogen-bond acceptors (Lipinski definition) is 3. The molecule has 0 aromatic heterocycles. The zero-order chi connectivity index (χ0) is 11.3. The van der Waals surface area contributed by atoms with E-state index < -0.39 is 28.6 Å². The summed E-state index contributed by atoms with van der Waals surface area (Å²) in [6.07, 6.45) is 0.844. The van der Waals surface area contributed by atoms with E-state index in [1.807, 2.05) is 0 Å². The molecule has 3 saturated carbocycles. The van der Waals surface area contributed by atoms with E-state index in [2.05, 4.69) is 0 Å². The lowest BCUT2D eigenvalue weighted by molar-refractivity contribution is -0.176. The Balaban J connectivity index is 2.35. The highest BCUT2D eigenvalue weighted by molar-refractivity contribution is 6.06. The van der Waals surface area contributed by atoms with Crippen molar-refractivity contribution < 1.29 is 24.6 Å². The molecule has 0 amide bonds. The monoisotopic (exact) mass is 212 g/mol. The molecule has 3 aliphatic rings. The van der Waals surface area contributed by atoms with Gasteiger partial charge in [0.25, 0.3) is 0 Å². The van der Waals surface area contributed by atoms with E-state index >= 15 is 0 Å². The second-order valence-corrected chi connectivity index (χ2v) is 4.57. The van der Waals surface area contributed by atoms with Crippen molar-refractivity contribution in [3.05, 3.63) is 0 Å². The summed E-state index contributed by atoms with van der Waals surface area (Å²) < 4.78 is 0. The van der Waals surface area contributed by atoms with Gasteiger partial charge in [-0.1, -0.05) is 0 Å². The zero-order valence-electron chi connectivity index (χ0n) is 8.15. The maximum absolute atomic E-state index is 11.7. The summed E-state index contributed by atoms with van der Waals surface area (Å²) >= 11 is 0. The Kier molecular flexibility index (Phi) is 1.90. The van der Waals surface area contributed by atoms with Crippen molar-refractivity contribution >= 4 is 17.7 Å². The lowest BCUT2D eigenvalue weighted by atomic mass is 9.53. The molecular weight excluding hydrogens is 200 g/mol. The average Bonchev–Trinajstić information content (AvgIpc) is 2.18. The molecule has 3 fully saturated rings. The molecule has 0 atom stereocenters. The Bertz CT molecular complexity index is 349. The van der Waals surface area contributed by atoms with Crippen molar-refractivity contribution in [1.82, 2.24) is 0 Å². The number of carbonyl (C=O) groups is 3. The van der Waals surface area contributed by atoms with E-state index in [9.17, 15) is 14.4 Å². The van der Waals surface area contributed by atoms with Gasteiger partial charge >= 0.3 is 11.9 Å². The fraction of sp³-hybridized carbons (Fsp3) is 0.700. The highest BCUT2D eigenvalue weighted by Gasteiger charge is 2.61. The molecule has 2 N–H and O–H groups in total. The van der Waals surface area contributed by atoms with Crippen LogP contribution in [0.3, 0.4) is 0 Å². The number of hydrogen-bond donors (Lipinski definition) is 2. The SMILES string of the molecule is O=C(O)C12CCC(C(=O)O)(CC1)C(=O)C2. The molecule has 0 aromatic rings. The van der Waals surface area contributed by atoms with Gasteiger partial charge < -0.3 is 10.2 Å². The molecule has 0 saturated heterocycles. The van der Waals surface area contributed by atoms with Gasteiger partial charge in [-0.2, -0.15) is 0 Å². The van der Waals surface area contributed by atoms with Crippen molar-refractivity contribution in [3.8, 4) is 0 Å². The normalized spacial score (nSPS) is 39.1. The third-order valence-electron chi connectivity index (χ3n) is 3.96. The summed E-state index contributed by atoms with van der Waals surface area (Å²) in [6, 6.07) is 0. The summed E-state index contributed by atoms with van der Waals surface area (Å²) in [5, 5.41) is 18.1. The van der Waals surface area contributed by atoms with Crippen LogP contribution in [0.1, 0.15) is 32.1 Å². The van der Waals surface area contributed by atoms with Gasteiger partial charge in [-0.05, 0) is 25.7 Å². The Morgan fingerprint density at radius 3 is 1.87 bits per heavy atom. The average molecular weight is 212 g/mol. The van der Waals surface area contributed by atoms with Crippen molar-refractivity contribution in [2.75, 3.05) is 0 Å². The maximum Gasteiger partial charge on any atom is 0.317 e. The van der Waals surface area contributed by atoms with Gasteiger partial charge in [0, 0.05) is 6.42 Å². The lowest BCUT2D eigenvalue weighted by Crippen LogP contribution is -2.55. The minimum Gasteiger partial charge on any atom is -0.481 e. The predicted octanol–water partition coefficient (Wildman–Crippen LogP) is 0.675. The van der Waals surface area contributed by atoms with Gasteiger partial charge in [-0.25, -0.2) is 0 Å². The summed E-state index contributed by atoms with van der Waals surface area (Å²) in [7, 11) is 0. The summed E-state index contributed by atoms with van der Waals surface area (Å²) in [4.78, 5) is 33.8. The molecule has 0 aromatic carbocycles. The Hall–Kier alpha value is -1.39. The van der Waals surface area contributed by atoms with E-state index in [0.717, 1.165) is 0 Å². The van der Waals surface area contributed by atoms with E-state index in [1.165, 1.54) is 0 Å². The van der Waals surface area contributed by atoms with Crippen LogP contribution >= 0.6 is 0 Å². The maximum atomic E-state index is 11.7. The highest BCUT2D eigenvalue weighted by Crippen LogP contribution is 2.55. The molecule has 5 heteroatoms. The van der Waals surface area contributed by atoms with Crippen LogP contribution in [0.4, 0.5) is 0 Å². The first kappa shape index (κ1) is 10.1. The summed E-state index contributed by atoms with van der Waals surface area (Å²) in [5.74, 6) is -2.46. The third-order valence-corrected chi connectivity index (χ3v) is 3.96. The van der Waals surface area contributed by atoms with Gasteiger partial charge in [0.15, 0.2) is 5.78 Å². The molecule has 0 unspecified atom stereocenters. The Labute approximate surface area is 86.1 Å². The van der Waals surface area contributed by atoms with Crippen LogP contribution < -0.4 is 0 Å². The van der Waals surface area contributed by atoms with Crippen LogP contribution in [0.2, 0.25) is 0 Å². The fourth-order valence-electron chi connectivity index (χ4n) is 2.71. The minimum atomic E-state index is -1.28. The predicted molar refractivity (Wildman–Crippen MR) is 48.2 cm³/mol. The largest absolute Gasteiger partial charge is 0.481 e. The topological polar surface area (TPSA) is 91.7 Å². The number of rotatable bonds is 2. The first-order valence-electron chi connectivity index (χ1n) is 4.93. The van der Waals surface area contributed by atoms with Gasteiger partial charge in [-0.3, -0.25) is 14.4 Å². The van der Waals surface area contributed by atoms with Gasteiger partial charge in [0.05, 0.1) is 5.41 Å². The van der Waals surface area contributed by atoms with Crippen LogP contribution in [0, 0.1) is 10.8 Å². The number of carboxylic acid groups (broad SMARTS) is 2. The molecule has 15 heavy (non-hydrogen) atoms. The molecule has 82 valence electrons. The number of Topliss-reactive ketones (excluding diaryl/α,β-unsaturated/α-hetero) is 1. The van der Waals surface area contributed by atoms with Crippen molar-refractivity contribution in [2.45, 2.75) is 32.1 Å². The van der Waals surface area contributed by atoms with Crippen molar-refractivity contribution in [1.29, 1.82) is 0 Å². The van der Waals surface area contributed by atoms with Crippen LogP contribution in [-0.2, 0) is 14.4 Å². The van der Waals surface area contributed by atoms with E-state index in [-0.39, 0.29) is 19.3 Å². The fourth-order valence-corrected chi connectivity index (χ4v) is 2.71. The van der Waals surface area contributed by atoms with Gasteiger partial charge in [0.2, 0.25) is 0 Å². The van der Waals surface area contributed by atoms with Crippen LogP contribution in [0.5, 0.6) is 0 Å². The standard InChI is InChI=1S/C10H12O5/c11-6-5-9(7(12)13)1-3-10(6,4-2-9)8(14)15/h1-5H2,(H,12,13)(H,14,15). The summed E-state index contributed by atoms with van der Waals surface area (Å²) in [6.45, 7) is 0. The molecule has 2 bridgehead atoms. The van der Waals surface area contributed by atoms with E-state index in [0.29, 0.717) is 12.8 Å². The first-order valence-corrected chi connectivity index (χ1v) is 4.93. The summed E-state index contributed by atoms with van der Waals surface area (Å²) in [5.41, 5.74) is -2.26. The molecule has 3 aliphatic carbocycles. The second kappa shape index (κ2) is 2.81. The van der Waals surface area contributed by atoms with E-state index in [4.69, 9.17) is 10.2 Å². The second-order valence-electron chi connectivity index (χ2n) is 4.57. The van der Waals surface area contributed by atoms with E-state index in [1.54, 1.807) is 0 Å². The molecular formula is C10H12O5. The number of carboxylic acids is 2. The van der Waals surface area contributed by atoms with Gasteiger partial charge in [-0.15, -0.1) is 0 Å². The quantitative estimate of drug-likeness (QED) is 0.656. The molecule has 0 aliphatic heterocycles. The molecule has 0 radical (unpaired) electrons.